The molecule has 0 saturated heterocycles. The molecule has 0 unspecified atom stereocenters. The fourth-order valence-corrected chi connectivity index (χ4v) is 2.46. The Bertz CT molecular complexity index is 498. The maximum atomic E-state index is 2.33. The second-order valence-electron chi connectivity index (χ2n) is 4.99. The molecule has 0 amide bonds. The van der Waals surface area contributed by atoms with E-state index >= 15 is 0 Å². The first-order valence-electron chi connectivity index (χ1n) is 6.85. The summed E-state index contributed by atoms with van der Waals surface area (Å²) in [5.41, 5.74) is 8.37. The summed E-state index contributed by atoms with van der Waals surface area (Å²) < 4.78 is 0. The largest absolute Gasteiger partial charge is 0.0613 e. The summed E-state index contributed by atoms with van der Waals surface area (Å²) in [4.78, 5) is 0. The van der Waals surface area contributed by atoms with Gasteiger partial charge in [-0.3, -0.25) is 0 Å². The van der Waals surface area contributed by atoms with Crippen molar-refractivity contribution in [3.63, 3.8) is 0 Å². The summed E-state index contributed by atoms with van der Waals surface area (Å²) in [6.45, 7) is 8.82. The van der Waals surface area contributed by atoms with Crippen LogP contribution in [0.1, 0.15) is 36.1 Å². The van der Waals surface area contributed by atoms with Crippen LogP contribution in [0.2, 0.25) is 0 Å². The molecular weight excluding hydrogens is 216 g/mol. The normalized spacial score (nSPS) is 10.7. The minimum atomic E-state index is 1.10. The van der Waals surface area contributed by atoms with E-state index in [2.05, 4.69) is 64.1 Å². The summed E-state index contributed by atoms with van der Waals surface area (Å²) in [5.74, 6) is 0. The highest BCUT2D eigenvalue weighted by molar-refractivity contribution is 5.66. The molecule has 0 bridgehead atoms. The zero-order valence-corrected chi connectivity index (χ0v) is 11.9. The van der Waals surface area contributed by atoms with E-state index < -0.39 is 0 Å². The van der Waals surface area contributed by atoms with Crippen LogP contribution in [0, 0.1) is 13.8 Å². The van der Waals surface area contributed by atoms with E-state index in [0.717, 1.165) is 12.8 Å². The quantitative estimate of drug-likeness (QED) is 0.698. The van der Waals surface area contributed by atoms with E-state index in [1.165, 1.54) is 33.4 Å². The van der Waals surface area contributed by atoms with Gasteiger partial charge in [0.15, 0.2) is 0 Å². The van der Waals surface area contributed by atoms with Gasteiger partial charge in [0, 0.05) is 0 Å². The van der Waals surface area contributed by atoms with E-state index in [4.69, 9.17) is 0 Å². The zero-order valence-electron chi connectivity index (χ0n) is 11.9. The second-order valence-corrected chi connectivity index (χ2v) is 4.99. The Morgan fingerprint density at radius 1 is 0.667 bits per heavy atom. The molecule has 18 heavy (non-hydrogen) atoms. The molecule has 0 N–H and O–H groups in total. The molecule has 0 atom stereocenters. The van der Waals surface area contributed by atoms with Crippen molar-refractivity contribution in [3.8, 4) is 11.1 Å². The highest BCUT2D eigenvalue weighted by atomic mass is 14.1. The van der Waals surface area contributed by atoms with Gasteiger partial charge in [0.25, 0.3) is 0 Å². The Morgan fingerprint density at radius 3 is 1.39 bits per heavy atom. The van der Waals surface area contributed by atoms with Crippen molar-refractivity contribution in [2.75, 3.05) is 0 Å². The van der Waals surface area contributed by atoms with Gasteiger partial charge in [-0.1, -0.05) is 50.2 Å². The molecule has 2 rings (SSSR count). The molecule has 0 aliphatic heterocycles. The molecule has 0 aliphatic rings. The fraction of sp³-hybridized carbons (Fsp3) is 0.333. The smallest absolute Gasteiger partial charge is 0.0181 e. The maximum absolute atomic E-state index is 2.33. The van der Waals surface area contributed by atoms with Crippen LogP contribution in [0.3, 0.4) is 0 Å². The number of hydrogen-bond donors (Lipinski definition) is 0. The van der Waals surface area contributed by atoms with Crippen molar-refractivity contribution in [2.45, 2.75) is 40.5 Å². The Hall–Kier alpha value is -1.56. The van der Waals surface area contributed by atoms with Crippen LogP contribution in [0.4, 0.5) is 0 Å². The van der Waals surface area contributed by atoms with E-state index in [1.54, 1.807) is 0 Å². The molecule has 0 nitrogen and oxygen atoms in total. The van der Waals surface area contributed by atoms with Gasteiger partial charge in [-0.25, -0.2) is 0 Å². The predicted molar refractivity (Wildman–Crippen MR) is 80.1 cm³/mol. The number of rotatable bonds is 3. The van der Waals surface area contributed by atoms with Crippen LogP contribution in [0.15, 0.2) is 36.4 Å². The topological polar surface area (TPSA) is 0 Å². The zero-order chi connectivity index (χ0) is 13.1. The average Bonchev–Trinajstić information content (AvgIpc) is 2.40. The lowest BCUT2D eigenvalue weighted by molar-refractivity contribution is 1.10. The fourth-order valence-electron chi connectivity index (χ4n) is 2.46. The SMILES string of the molecule is CCc1cc(-c2ccc(C)c(CC)c2)ccc1C. The summed E-state index contributed by atoms with van der Waals surface area (Å²) >= 11 is 0. The highest BCUT2D eigenvalue weighted by Gasteiger charge is 2.03. The lowest BCUT2D eigenvalue weighted by Crippen LogP contribution is -1.90. The summed E-state index contributed by atoms with van der Waals surface area (Å²) in [7, 11) is 0. The molecule has 0 aliphatic carbocycles. The molecule has 0 heterocycles. The van der Waals surface area contributed by atoms with Gasteiger partial charge >= 0.3 is 0 Å². The Balaban J connectivity index is 2.48. The third kappa shape index (κ3) is 2.48. The van der Waals surface area contributed by atoms with E-state index in [9.17, 15) is 0 Å². The molecule has 0 heteroatoms. The van der Waals surface area contributed by atoms with Gasteiger partial charge in [-0.2, -0.15) is 0 Å². The van der Waals surface area contributed by atoms with Crippen molar-refractivity contribution in [1.29, 1.82) is 0 Å². The molecular formula is C18H22. The molecule has 94 valence electrons. The molecule has 2 aromatic rings. The van der Waals surface area contributed by atoms with Crippen molar-refractivity contribution >= 4 is 0 Å². The standard InChI is InChI=1S/C18H22/c1-5-15-11-17(9-7-13(15)3)18-10-8-14(4)16(6-2)12-18/h7-12H,5-6H2,1-4H3. The van der Waals surface area contributed by atoms with Gasteiger partial charge in [-0.05, 0) is 60.1 Å². The summed E-state index contributed by atoms with van der Waals surface area (Å²) in [6, 6.07) is 13.6. The first-order valence-corrected chi connectivity index (χ1v) is 6.85. The van der Waals surface area contributed by atoms with Crippen LogP contribution in [0.25, 0.3) is 11.1 Å². The molecule has 0 spiro atoms. The van der Waals surface area contributed by atoms with Gasteiger partial charge in [0.1, 0.15) is 0 Å². The van der Waals surface area contributed by atoms with Gasteiger partial charge < -0.3 is 0 Å². The predicted octanol–water partition coefficient (Wildman–Crippen LogP) is 5.10. The van der Waals surface area contributed by atoms with E-state index in [-0.39, 0.29) is 0 Å². The number of aryl methyl sites for hydroxylation is 4. The summed E-state index contributed by atoms with van der Waals surface area (Å²) in [5, 5.41) is 0. The lowest BCUT2D eigenvalue weighted by atomic mass is 9.95. The third-order valence-corrected chi connectivity index (χ3v) is 3.79. The molecule has 0 aromatic heterocycles. The van der Waals surface area contributed by atoms with Crippen molar-refractivity contribution in [1.82, 2.24) is 0 Å². The van der Waals surface area contributed by atoms with Crippen molar-refractivity contribution in [3.05, 3.63) is 58.7 Å². The van der Waals surface area contributed by atoms with Gasteiger partial charge in [0.2, 0.25) is 0 Å². The second kappa shape index (κ2) is 5.39. The minimum absolute atomic E-state index is 1.10. The number of hydrogen-bond acceptors (Lipinski definition) is 0. The molecule has 0 radical (unpaired) electrons. The van der Waals surface area contributed by atoms with Crippen LogP contribution in [-0.4, -0.2) is 0 Å². The van der Waals surface area contributed by atoms with Crippen LogP contribution >= 0.6 is 0 Å². The van der Waals surface area contributed by atoms with Gasteiger partial charge in [-0.15, -0.1) is 0 Å². The third-order valence-electron chi connectivity index (χ3n) is 3.79. The first kappa shape index (κ1) is 12.9. The van der Waals surface area contributed by atoms with Gasteiger partial charge in [0.05, 0.1) is 0 Å². The van der Waals surface area contributed by atoms with Crippen LogP contribution in [0.5, 0.6) is 0 Å². The lowest BCUT2D eigenvalue weighted by Gasteiger charge is -2.10. The van der Waals surface area contributed by atoms with E-state index in [1.807, 2.05) is 0 Å². The molecule has 0 fully saturated rings. The van der Waals surface area contributed by atoms with Crippen molar-refractivity contribution < 1.29 is 0 Å². The minimum Gasteiger partial charge on any atom is -0.0613 e. The maximum Gasteiger partial charge on any atom is -0.0181 e. The Morgan fingerprint density at radius 2 is 1.06 bits per heavy atom. The molecule has 0 saturated carbocycles. The Kier molecular flexibility index (Phi) is 3.86. The average molecular weight is 238 g/mol. The first-order chi connectivity index (χ1) is 8.65. The highest BCUT2D eigenvalue weighted by Crippen LogP contribution is 2.25. The van der Waals surface area contributed by atoms with Crippen molar-refractivity contribution in [2.24, 2.45) is 0 Å². The molecule has 2 aromatic carbocycles. The Labute approximate surface area is 111 Å². The number of benzene rings is 2. The summed E-state index contributed by atoms with van der Waals surface area (Å²) in [6.07, 6.45) is 2.21. The van der Waals surface area contributed by atoms with Crippen LogP contribution < -0.4 is 0 Å². The monoisotopic (exact) mass is 238 g/mol. The van der Waals surface area contributed by atoms with Crippen LogP contribution in [-0.2, 0) is 12.8 Å². The van der Waals surface area contributed by atoms with E-state index in [0.29, 0.717) is 0 Å².